The van der Waals surface area contributed by atoms with E-state index in [0.717, 1.165) is 25.7 Å². The summed E-state index contributed by atoms with van der Waals surface area (Å²) in [6.07, 6.45) is 3.04. The summed E-state index contributed by atoms with van der Waals surface area (Å²) >= 11 is 0. The average Bonchev–Trinajstić information content (AvgIpc) is 2.53. The summed E-state index contributed by atoms with van der Waals surface area (Å²) in [5.74, 6) is 0. The number of ether oxygens (including phenoxy) is 1. The summed E-state index contributed by atoms with van der Waals surface area (Å²) in [6, 6.07) is 0.732. The first kappa shape index (κ1) is 12.0. The predicted molar refractivity (Wildman–Crippen MR) is 59.6 cm³/mol. The van der Waals surface area contributed by atoms with Crippen LogP contribution in [0.2, 0.25) is 0 Å². The lowest BCUT2D eigenvalue weighted by Gasteiger charge is -2.24. The van der Waals surface area contributed by atoms with Crippen molar-refractivity contribution in [2.75, 3.05) is 33.3 Å². The average molecular weight is 200 g/mol. The first-order chi connectivity index (χ1) is 6.74. The molecule has 3 nitrogen and oxygen atoms in total. The van der Waals surface area contributed by atoms with E-state index >= 15 is 0 Å². The lowest BCUT2D eigenvalue weighted by molar-refractivity contribution is 0.0565. The zero-order chi connectivity index (χ0) is 10.4. The van der Waals surface area contributed by atoms with Gasteiger partial charge in [0.05, 0.1) is 12.7 Å². The minimum Gasteiger partial charge on any atom is -0.377 e. The maximum atomic E-state index is 5.57. The molecule has 0 bridgehead atoms. The van der Waals surface area contributed by atoms with Gasteiger partial charge in [0.1, 0.15) is 0 Å². The van der Waals surface area contributed by atoms with Gasteiger partial charge in [-0.2, -0.15) is 0 Å². The summed E-state index contributed by atoms with van der Waals surface area (Å²) in [7, 11) is 2.03. The molecule has 0 aromatic heterocycles. The van der Waals surface area contributed by atoms with E-state index in [1.807, 2.05) is 7.05 Å². The van der Waals surface area contributed by atoms with E-state index in [9.17, 15) is 0 Å². The number of likely N-dealkylation sites (tertiary alicyclic amines) is 1. The summed E-state index contributed by atoms with van der Waals surface area (Å²) in [5, 5.41) is 3.26. The molecule has 1 unspecified atom stereocenters. The summed E-state index contributed by atoms with van der Waals surface area (Å²) in [5.41, 5.74) is 0. The van der Waals surface area contributed by atoms with Crippen LogP contribution in [0.1, 0.15) is 26.7 Å². The molecule has 14 heavy (non-hydrogen) atoms. The van der Waals surface area contributed by atoms with Crippen LogP contribution in [-0.4, -0.2) is 50.3 Å². The largest absolute Gasteiger partial charge is 0.377 e. The molecule has 3 heteroatoms. The molecule has 1 rings (SSSR count). The highest BCUT2D eigenvalue weighted by molar-refractivity contribution is 4.80. The number of hydrogen-bond donors (Lipinski definition) is 1. The molecule has 1 aliphatic rings. The highest BCUT2D eigenvalue weighted by Crippen LogP contribution is 2.15. The summed E-state index contributed by atoms with van der Waals surface area (Å²) in [4.78, 5) is 2.54. The minimum absolute atomic E-state index is 0.361. The molecule has 0 saturated carbocycles. The maximum absolute atomic E-state index is 5.57. The second-order valence-electron chi connectivity index (χ2n) is 4.31. The van der Waals surface area contributed by atoms with Gasteiger partial charge in [-0.3, -0.25) is 4.90 Å². The second kappa shape index (κ2) is 6.38. The summed E-state index contributed by atoms with van der Waals surface area (Å²) in [6.45, 7) is 8.50. The van der Waals surface area contributed by atoms with Crippen LogP contribution in [0.4, 0.5) is 0 Å². The molecule has 84 valence electrons. The van der Waals surface area contributed by atoms with E-state index < -0.39 is 0 Å². The van der Waals surface area contributed by atoms with Crippen LogP contribution in [0.5, 0.6) is 0 Å². The number of rotatable bonds is 6. The molecular formula is C11H24N2O. The van der Waals surface area contributed by atoms with E-state index in [2.05, 4.69) is 24.1 Å². The lowest BCUT2D eigenvalue weighted by Crippen LogP contribution is -2.38. The second-order valence-corrected chi connectivity index (χ2v) is 4.31. The molecule has 0 radical (unpaired) electrons. The molecule has 1 saturated heterocycles. The van der Waals surface area contributed by atoms with E-state index in [1.54, 1.807) is 0 Å². The molecule has 0 aromatic carbocycles. The van der Waals surface area contributed by atoms with Crippen molar-refractivity contribution in [1.29, 1.82) is 0 Å². The highest BCUT2D eigenvalue weighted by Gasteiger charge is 2.22. The predicted octanol–water partition coefficient (Wildman–Crippen LogP) is 1.10. The molecular weight excluding hydrogens is 176 g/mol. The molecule has 0 aromatic rings. The molecule has 0 amide bonds. The Labute approximate surface area is 87.8 Å². The standard InChI is InChI=1S/C11H24N2O/c1-10(2)14-8-7-13-6-4-5-11(13)9-12-3/h10-12H,4-9H2,1-3H3. The third-order valence-electron chi connectivity index (χ3n) is 2.77. The first-order valence-corrected chi connectivity index (χ1v) is 5.74. The van der Waals surface area contributed by atoms with Crippen molar-refractivity contribution in [3.8, 4) is 0 Å². The SMILES string of the molecule is CNCC1CCCN1CCOC(C)C. The molecule has 0 spiro atoms. The molecule has 1 N–H and O–H groups in total. The smallest absolute Gasteiger partial charge is 0.0597 e. The van der Waals surface area contributed by atoms with E-state index in [-0.39, 0.29) is 0 Å². The van der Waals surface area contributed by atoms with Crippen molar-refractivity contribution in [2.24, 2.45) is 0 Å². The highest BCUT2D eigenvalue weighted by atomic mass is 16.5. The third-order valence-corrected chi connectivity index (χ3v) is 2.77. The van der Waals surface area contributed by atoms with Crippen molar-refractivity contribution in [1.82, 2.24) is 10.2 Å². The van der Waals surface area contributed by atoms with Gasteiger partial charge in [-0.15, -0.1) is 0 Å². The fourth-order valence-electron chi connectivity index (χ4n) is 2.06. The van der Waals surface area contributed by atoms with Gasteiger partial charge in [0.15, 0.2) is 0 Å². The number of nitrogens with zero attached hydrogens (tertiary/aromatic N) is 1. The van der Waals surface area contributed by atoms with E-state index in [4.69, 9.17) is 4.74 Å². The van der Waals surface area contributed by atoms with E-state index in [0.29, 0.717) is 6.10 Å². The van der Waals surface area contributed by atoms with Crippen LogP contribution in [0.25, 0.3) is 0 Å². The summed E-state index contributed by atoms with van der Waals surface area (Å²) < 4.78 is 5.57. The van der Waals surface area contributed by atoms with Crippen LogP contribution in [0, 0.1) is 0 Å². The van der Waals surface area contributed by atoms with Crippen molar-refractivity contribution >= 4 is 0 Å². The van der Waals surface area contributed by atoms with Gasteiger partial charge in [0, 0.05) is 19.1 Å². The van der Waals surface area contributed by atoms with Crippen molar-refractivity contribution in [3.05, 3.63) is 0 Å². The zero-order valence-corrected chi connectivity index (χ0v) is 9.75. The van der Waals surface area contributed by atoms with Crippen LogP contribution in [0.3, 0.4) is 0 Å². The Kier molecular flexibility index (Phi) is 5.45. The zero-order valence-electron chi connectivity index (χ0n) is 9.75. The quantitative estimate of drug-likeness (QED) is 0.695. The molecule has 1 heterocycles. The van der Waals surface area contributed by atoms with Crippen LogP contribution in [-0.2, 0) is 4.74 Å². The number of hydrogen-bond acceptors (Lipinski definition) is 3. The van der Waals surface area contributed by atoms with Gasteiger partial charge < -0.3 is 10.1 Å². The Morgan fingerprint density at radius 1 is 1.50 bits per heavy atom. The van der Waals surface area contributed by atoms with Gasteiger partial charge in [-0.05, 0) is 40.3 Å². The van der Waals surface area contributed by atoms with Gasteiger partial charge >= 0.3 is 0 Å². The van der Waals surface area contributed by atoms with Gasteiger partial charge in [0.25, 0.3) is 0 Å². The Bertz CT molecular complexity index is 150. The van der Waals surface area contributed by atoms with Crippen molar-refractivity contribution < 1.29 is 4.74 Å². The Morgan fingerprint density at radius 2 is 2.29 bits per heavy atom. The topological polar surface area (TPSA) is 24.5 Å². The number of likely N-dealkylation sites (N-methyl/N-ethyl adjacent to an activating group) is 1. The van der Waals surface area contributed by atoms with Crippen LogP contribution < -0.4 is 5.32 Å². The number of nitrogens with one attached hydrogen (secondary N) is 1. The van der Waals surface area contributed by atoms with Gasteiger partial charge in [-0.1, -0.05) is 0 Å². The molecule has 1 atom stereocenters. The van der Waals surface area contributed by atoms with Crippen molar-refractivity contribution in [2.45, 2.75) is 38.8 Å². The fourth-order valence-corrected chi connectivity index (χ4v) is 2.06. The van der Waals surface area contributed by atoms with Gasteiger partial charge in [0.2, 0.25) is 0 Å². The molecule has 1 aliphatic heterocycles. The Morgan fingerprint density at radius 3 is 2.93 bits per heavy atom. The third kappa shape index (κ3) is 3.95. The molecule has 0 aliphatic carbocycles. The minimum atomic E-state index is 0.361. The molecule has 1 fully saturated rings. The van der Waals surface area contributed by atoms with E-state index in [1.165, 1.54) is 19.4 Å². The normalized spacial score (nSPS) is 23.6. The lowest BCUT2D eigenvalue weighted by atomic mass is 10.2. The Balaban J connectivity index is 2.15. The fraction of sp³-hybridized carbons (Fsp3) is 1.00. The Hall–Kier alpha value is -0.120. The van der Waals surface area contributed by atoms with Crippen LogP contribution >= 0.6 is 0 Å². The maximum Gasteiger partial charge on any atom is 0.0597 e. The monoisotopic (exact) mass is 200 g/mol. The van der Waals surface area contributed by atoms with Crippen molar-refractivity contribution in [3.63, 3.8) is 0 Å². The first-order valence-electron chi connectivity index (χ1n) is 5.74. The van der Waals surface area contributed by atoms with Crippen LogP contribution in [0.15, 0.2) is 0 Å². The van der Waals surface area contributed by atoms with Gasteiger partial charge in [-0.25, -0.2) is 0 Å².